The normalized spacial score (nSPS) is 17.2. The summed E-state index contributed by atoms with van der Waals surface area (Å²) >= 11 is 0. The molecule has 1 heterocycles. The Labute approximate surface area is 152 Å². The Balaban J connectivity index is 1.73. The largest absolute Gasteiger partial charge is 0.376 e. The highest BCUT2D eigenvalue weighted by atomic mass is 19.1. The summed E-state index contributed by atoms with van der Waals surface area (Å²) in [5.74, 6) is -0.386. The molecule has 26 heavy (non-hydrogen) atoms. The van der Waals surface area contributed by atoms with Crippen LogP contribution in [0.5, 0.6) is 0 Å². The molecule has 6 heteroatoms. The topological polar surface area (TPSA) is 62.7 Å². The van der Waals surface area contributed by atoms with E-state index in [9.17, 15) is 9.18 Å². The van der Waals surface area contributed by atoms with E-state index in [-0.39, 0.29) is 17.8 Å². The van der Waals surface area contributed by atoms with Crippen molar-refractivity contribution in [2.45, 2.75) is 25.9 Å². The van der Waals surface area contributed by atoms with Gasteiger partial charge in [0.2, 0.25) is 5.96 Å². The van der Waals surface area contributed by atoms with Gasteiger partial charge in [-0.05, 0) is 61.7 Å². The SMILES string of the molecule is Cc1cccc(NC(=NC[C@@H]2CCCO2)NC(=O)c2ccc(F)cc2)c1. The lowest BCUT2D eigenvalue weighted by atomic mass is 10.2. The molecule has 2 N–H and O–H groups in total. The number of hydrogen-bond acceptors (Lipinski definition) is 3. The van der Waals surface area contributed by atoms with Crippen LogP contribution >= 0.6 is 0 Å². The third-order valence-corrected chi connectivity index (χ3v) is 4.10. The van der Waals surface area contributed by atoms with E-state index in [2.05, 4.69) is 15.6 Å². The third-order valence-electron chi connectivity index (χ3n) is 4.10. The second-order valence-corrected chi connectivity index (χ2v) is 6.28. The Morgan fingerprint density at radius 3 is 2.77 bits per heavy atom. The maximum atomic E-state index is 13.0. The minimum absolute atomic E-state index is 0.0760. The zero-order valence-electron chi connectivity index (χ0n) is 14.7. The molecule has 0 aliphatic carbocycles. The number of ether oxygens (including phenoxy) is 1. The molecule has 1 fully saturated rings. The Kier molecular flexibility index (Phi) is 5.96. The number of anilines is 1. The fourth-order valence-electron chi connectivity index (χ4n) is 2.73. The molecule has 0 bridgehead atoms. The number of benzene rings is 2. The van der Waals surface area contributed by atoms with E-state index in [0.29, 0.717) is 18.1 Å². The van der Waals surface area contributed by atoms with Crippen molar-refractivity contribution in [2.24, 2.45) is 4.99 Å². The van der Waals surface area contributed by atoms with Crippen molar-refractivity contribution in [3.8, 4) is 0 Å². The van der Waals surface area contributed by atoms with Crippen molar-refractivity contribution in [1.82, 2.24) is 5.32 Å². The smallest absolute Gasteiger partial charge is 0.257 e. The van der Waals surface area contributed by atoms with Crippen molar-refractivity contribution in [1.29, 1.82) is 0 Å². The Hall–Kier alpha value is -2.73. The maximum Gasteiger partial charge on any atom is 0.257 e. The van der Waals surface area contributed by atoms with Crippen LogP contribution in [0.4, 0.5) is 10.1 Å². The van der Waals surface area contributed by atoms with Gasteiger partial charge in [0.25, 0.3) is 5.91 Å². The predicted molar refractivity (Wildman–Crippen MR) is 99.9 cm³/mol. The Morgan fingerprint density at radius 2 is 2.08 bits per heavy atom. The highest BCUT2D eigenvalue weighted by molar-refractivity contribution is 6.09. The molecular weight excluding hydrogens is 333 g/mol. The lowest BCUT2D eigenvalue weighted by Crippen LogP contribution is -2.36. The molecular formula is C20H22FN3O2. The fraction of sp³-hybridized carbons (Fsp3) is 0.300. The zero-order chi connectivity index (χ0) is 18.4. The summed E-state index contributed by atoms with van der Waals surface area (Å²) < 4.78 is 18.6. The summed E-state index contributed by atoms with van der Waals surface area (Å²) in [6, 6.07) is 13.2. The number of aryl methyl sites for hydroxylation is 1. The number of rotatable bonds is 4. The molecule has 0 aromatic heterocycles. The average Bonchev–Trinajstić information content (AvgIpc) is 3.14. The van der Waals surface area contributed by atoms with Crippen LogP contribution in [0.25, 0.3) is 0 Å². The quantitative estimate of drug-likeness (QED) is 0.652. The van der Waals surface area contributed by atoms with Crippen LogP contribution in [0.3, 0.4) is 0 Å². The summed E-state index contributed by atoms with van der Waals surface area (Å²) in [6.07, 6.45) is 2.07. The van der Waals surface area contributed by atoms with Crippen LogP contribution in [0, 0.1) is 12.7 Å². The first kappa shape index (κ1) is 18.1. The van der Waals surface area contributed by atoms with Gasteiger partial charge < -0.3 is 10.1 Å². The van der Waals surface area contributed by atoms with Gasteiger partial charge >= 0.3 is 0 Å². The van der Waals surface area contributed by atoms with E-state index in [1.54, 1.807) is 0 Å². The first-order chi connectivity index (χ1) is 12.6. The molecule has 1 amide bonds. The van der Waals surface area contributed by atoms with Crippen molar-refractivity contribution < 1.29 is 13.9 Å². The molecule has 1 atom stereocenters. The van der Waals surface area contributed by atoms with Crippen molar-refractivity contribution >= 4 is 17.6 Å². The lowest BCUT2D eigenvalue weighted by molar-refractivity contribution is 0.0975. The second kappa shape index (κ2) is 8.58. The summed E-state index contributed by atoms with van der Waals surface area (Å²) in [5.41, 5.74) is 2.29. The number of aliphatic imine (C=N–C) groups is 1. The van der Waals surface area contributed by atoms with E-state index < -0.39 is 0 Å². The van der Waals surface area contributed by atoms with Gasteiger partial charge in [-0.1, -0.05) is 12.1 Å². The van der Waals surface area contributed by atoms with Crippen molar-refractivity contribution in [2.75, 3.05) is 18.5 Å². The van der Waals surface area contributed by atoms with Gasteiger partial charge in [0, 0.05) is 17.9 Å². The van der Waals surface area contributed by atoms with E-state index in [1.165, 1.54) is 24.3 Å². The number of hydrogen-bond donors (Lipinski definition) is 2. The van der Waals surface area contributed by atoms with Crippen LogP contribution in [-0.4, -0.2) is 31.1 Å². The minimum Gasteiger partial charge on any atom is -0.376 e. The molecule has 0 radical (unpaired) electrons. The van der Waals surface area contributed by atoms with E-state index in [1.807, 2.05) is 31.2 Å². The molecule has 5 nitrogen and oxygen atoms in total. The number of carbonyl (C=O) groups excluding carboxylic acids is 1. The van der Waals surface area contributed by atoms with Crippen molar-refractivity contribution in [3.63, 3.8) is 0 Å². The first-order valence-corrected chi connectivity index (χ1v) is 8.67. The molecule has 2 aromatic rings. The molecule has 0 unspecified atom stereocenters. The number of nitrogens with zero attached hydrogens (tertiary/aromatic N) is 1. The summed E-state index contributed by atoms with van der Waals surface area (Å²) in [7, 11) is 0. The van der Waals surface area contributed by atoms with Crippen LogP contribution in [-0.2, 0) is 4.74 Å². The number of carbonyl (C=O) groups is 1. The molecule has 1 saturated heterocycles. The van der Waals surface area contributed by atoms with Crippen LogP contribution in [0.15, 0.2) is 53.5 Å². The minimum atomic E-state index is -0.383. The highest BCUT2D eigenvalue weighted by Crippen LogP contribution is 2.13. The van der Waals surface area contributed by atoms with Gasteiger partial charge in [0.1, 0.15) is 5.82 Å². The van der Waals surface area contributed by atoms with Gasteiger partial charge in [-0.2, -0.15) is 0 Å². The van der Waals surface area contributed by atoms with Crippen LogP contribution in [0.2, 0.25) is 0 Å². The monoisotopic (exact) mass is 355 g/mol. The van der Waals surface area contributed by atoms with Gasteiger partial charge in [0.05, 0.1) is 12.6 Å². The lowest BCUT2D eigenvalue weighted by Gasteiger charge is -2.14. The zero-order valence-corrected chi connectivity index (χ0v) is 14.7. The number of amides is 1. The Morgan fingerprint density at radius 1 is 1.27 bits per heavy atom. The maximum absolute atomic E-state index is 13.0. The number of halogens is 1. The first-order valence-electron chi connectivity index (χ1n) is 8.67. The fourth-order valence-corrected chi connectivity index (χ4v) is 2.73. The third kappa shape index (κ3) is 5.13. The second-order valence-electron chi connectivity index (χ2n) is 6.28. The number of nitrogens with one attached hydrogen (secondary N) is 2. The highest BCUT2D eigenvalue weighted by Gasteiger charge is 2.16. The van der Waals surface area contributed by atoms with Crippen LogP contribution in [0.1, 0.15) is 28.8 Å². The molecule has 3 rings (SSSR count). The van der Waals surface area contributed by atoms with Gasteiger partial charge in [0.15, 0.2) is 0 Å². The molecule has 136 valence electrons. The van der Waals surface area contributed by atoms with E-state index in [0.717, 1.165) is 30.7 Å². The van der Waals surface area contributed by atoms with E-state index >= 15 is 0 Å². The predicted octanol–water partition coefficient (Wildman–Crippen LogP) is 3.51. The summed E-state index contributed by atoms with van der Waals surface area (Å²) in [5, 5.41) is 5.91. The molecule has 1 aliphatic heterocycles. The molecule has 0 saturated carbocycles. The van der Waals surface area contributed by atoms with Crippen LogP contribution < -0.4 is 10.6 Å². The molecule has 0 spiro atoms. The van der Waals surface area contributed by atoms with Gasteiger partial charge in [-0.25, -0.2) is 9.38 Å². The summed E-state index contributed by atoms with van der Waals surface area (Å²) in [6.45, 7) is 3.21. The standard InChI is InChI=1S/C20H22FN3O2/c1-14-4-2-5-17(12-14)23-20(22-13-18-6-3-11-26-18)24-19(25)15-7-9-16(21)10-8-15/h2,4-5,7-10,12,18H,3,6,11,13H2,1H3,(H2,22,23,24,25)/t18-/m0/s1. The summed E-state index contributed by atoms with van der Waals surface area (Å²) in [4.78, 5) is 16.9. The molecule has 1 aliphatic rings. The molecule has 2 aromatic carbocycles. The van der Waals surface area contributed by atoms with Gasteiger partial charge in [-0.3, -0.25) is 10.1 Å². The average molecular weight is 355 g/mol. The Bertz CT molecular complexity index is 784. The van der Waals surface area contributed by atoms with E-state index in [4.69, 9.17) is 4.74 Å². The van der Waals surface area contributed by atoms with Crippen molar-refractivity contribution in [3.05, 3.63) is 65.5 Å². The number of guanidine groups is 1. The van der Waals surface area contributed by atoms with Gasteiger partial charge in [-0.15, -0.1) is 0 Å².